The Kier molecular flexibility index (Phi) is 5.46. The zero-order chi connectivity index (χ0) is 12.8. The van der Waals surface area contributed by atoms with Gasteiger partial charge in [0.25, 0.3) is 0 Å². The van der Waals surface area contributed by atoms with E-state index >= 15 is 0 Å². The van der Waals surface area contributed by atoms with Crippen LogP contribution < -0.4 is 5.32 Å². The molecule has 1 saturated heterocycles. The maximum absolute atomic E-state index is 5.56. The Morgan fingerprint density at radius 2 is 1.83 bits per heavy atom. The molecule has 2 fully saturated rings. The maximum atomic E-state index is 5.56. The molecule has 0 aromatic rings. The molecule has 106 valence electrons. The van der Waals surface area contributed by atoms with Gasteiger partial charge in [-0.3, -0.25) is 0 Å². The van der Waals surface area contributed by atoms with Crippen LogP contribution in [-0.2, 0) is 4.74 Å². The highest BCUT2D eigenvalue weighted by Gasteiger charge is 2.33. The van der Waals surface area contributed by atoms with E-state index in [0.29, 0.717) is 11.6 Å². The van der Waals surface area contributed by atoms with E-state index in [1.54, 1.807) is 0 Å². The lowest BCUT2D eigenvalue weighted by atomic mass is 9.88. The van der Waals surface area contributed by atoms with E-state index in [2.05, 4.69) is 24.3 Å². The third kappa shape index (κ3) is 3.69. The van der Waals surface area contributed by atoms with E-state index in [1.165, 1.54) is 51.4 Å². The Morgan fingerprint density at radius 1 is 1.11 bits per heavy atom. The summed E-state index contributed by atoms with van der Waals surface area (Å²) in [5.41, 5.74) is 0.383. The monoisotopic (exact) mass is 254 g/mol. The lowest BCUT2D eigenvalue weighted by Gasteiger charge is -2.41. The third-order valence-corrected chi connectivity index (χ3v) is 4.86. The molecule has 1 atom stereocenters. The fourth-order valence-electron chi connectivity index (χ4n) is 3.40. The number of nitrogens with one attached hydrogen (secondary N) is 1. The third-order valence-electron chi connectivity index (χ3n) is 4.86. The highest BCUT2D eigenvalue weighted by Crippen LogP contribution is 2.30. The van der Waals surface area contributed by atoms with Gasteiger partial charge in [0.05, 0.1) is 6.61 Å². The first-order valence-electron chi connectivity index (χ1n) is 7.71. The number of hydrogen-bond acceptors (Lipinski definition) is 3. The number of likely N-dealkylation sites (N-methyl/N-ethyl adjacent to an activating group) is 1. The molecule has 0 aromatic heterocycles. The van der Waals surface area contributed by atoms with Gasteiger partial charge in [0.2, 0.25) is 0 Å². The summed E-state index contributed by atoms with van der Waals surface area (Å²) in [4.78, 5) is 2.47. The van der Waals surface area contributed by atoms with E-state index in [4.69, 9.17) is 4.74 Å². The minimum atomic E-state index is 0.383. The normalized spacial score (nSPS) is 29.2. The van der Waals surface area contributed by atoms with Gasteiger partial charge < -0.3 is 15.0 Å². The Morgan fingerprint density at radius 3 is 2.39 bits per heavy atom. The van der Waals surface area contributed by atoms with Gasteiger partial charge in [-0.25, -0.2) is 0 Å². The summed E-state index contributed by atoms with van der Waals surface area (Å²) >= 11 is 0. The molecule has 1 aliphatic heterocycles. The zero-order valence-electron chi connectivity index (χ0n) is 12.2. The number of rotatable bonds is 4. The Balaban J connectivity index is 1.88. The van der Waals surface area contributed by atoms with Crippen molar-refractivity contribution in [3.8, 4) is 0 Å². The Labute approximate surface area is 112 Å². The molecule has 0 bridgehead atoms. The van der Waals surface area contributed by atoms with Crippen LogP contribution in [0.25, 0.3) is 0 Å². The van der Waals surface area contributed by atoms with Gasteiger partial charge in [-0.05, 0) is 39.8 Å². The molecule has 1 unspecified atom stereocenters. The van der Waals surface area contributed by atoms with Crippen LogP contribution in [0.1, 0.15) is 51.4 Å². The first-order chi connectivity index (χ1) is 8.73. The molecule has 0 amide bonds. The van der Waals surface area contributed by atoms with Gasteiger partial charge in [0.15, 0.2) is 0 Å². The minimum absolute atomic E-state index is 0.383. The molecular formula is C15H30N2O. The van der Waals surface area contributed by atoms with Gasteiger partial charge in [-0.1, -0.05) is 25.7 Å². The van der Waals surface area contributed by atoms with E-state index in [-0.39, 0.29) is 0 Å². The smallest absolute Gasteiger partial charge is 0.0619 e. The minimum Gasteiger partial charge on any atom is -0.380 e. The Bertz CT molecular complexity index is 229. The van der Waals surface area contributed by atoms with Crippen LogP contribution in [0.5, 0.6) is 0 Å². The maximum Gasteiger partial charge on any atom is 0.0619 e. The van der Waals surface area contributed by atoms with Crippen molar-refractivity contribution in [2.24, 2.45) is 0 Å². The summed E-state index contributed by atoms with van der Waals surface area (Å²) in [6, 6.07) is 0.582. The molecule has 1 N–H and O–H groups in total. The second-order valence-electron chi connectivity index (χ2n) is 6.33. The summed E-state index contributed by atoms with van der Waals surface area (Å²) in [6.45, 7) is 2.99. The molecule has 1 saturated carbocycles. The molecule has 2 aliphatic rings. The zero-order valence-corrected chi connectivity index (χ0v) is 12.2. The topological polar surface area (TPSA) is 24.5 Å². The quantitative estimate of drug-likeness (QED) is 0.780. The molecule has 3 nitrogen and oxygen atoms in total. The predicted octanol–water partition coefficient (Wildman–Crippen LogP) is 2.41. The van der Waals surface area contributed by atoms with E-state index in [9.17, 15) is 0 Å². The highest BCUT2D eigenvalue weighted by atomic mass is 16.5. The fraction of sp³-hybridized carbons (Fsp3) is 1.00. The fourth-order valence-corrected chi connectivity index (χ4v) is 3.40. The summed E-state index contributed by atoms with van der Waals surface area (Å²) < 4.78 is 5.56. The molecule has 0 aromatic carbocycles. The van der Waals surface area contributed by atoms with Crippen molar-refractivity contribution in [2.45, 2.75) is 62.9 Å². The molecule has 1 aliphatic carbocycles. The van der Waals surface area contributed by atoms with Crippen LogP contribution in [0.15, 0.2) is 0 Å². The molecular weight excluding hydrogens is 224 g/mol. The molecule has 18 heavy (non-hydrogen) atoms. The number of hydrogen-bond donors (Lipinski definition) is 1. The Hall–Kier alpha value is -0.120. The van der Waals surface area contributed by atoms with Crippen LogP contribution in [0, 0.1) is 0 Å². The van der Waals surface area contributed by atoms with Crippen molar-refractivity contribution < 1.29 is 4.74 Å². The van der Waals surface area contributed by atoms with Crippen LogP contribution in [0.4, 0.5) is 0 Å². The van der Waals surface area contributed by atoms with Gasteiger partial charge in [-0.15, -0.1) is 0 Å². The van der Waals surface area contributed by atoms with Gasteiger partial charge >= 0.3 is 0 Å². The number of ether oxygens (including phenoxy) is 1. The molecule has 2 rings (SSSR count). The van der Waals surface area contributed by atoms with Crippen LogP contribution in [0.3, 0.4) is 0 Å². The summed E-state index contributed by atoms with van der Waals surface area (Å²) in [6.07, 6.45) is 10.8. The van der Waals surface area contributed by atoms with Crippen molar-refractivity contribution in [1.29, 1.82) is 0 Å². The van der Waals surface area contributed by atoms with E-state index in [1.807, 2.05) is 0 Å². The van der Waals surface area contributed by atoms with Crippen molar-refractivity contribution in [1.82, 2.24) is 10.2 Å². The molecule has 0 radical (unpaired) electrons. The average molecular weight is 254 g/mol. The second kappa shape index (κ2) is 6.88. The van der Waals surface area contributed by atoms with Crippen molar-refractivity contribution in [3.63, 3.8) is 0 Å². The SMILES string of the molecule is CN(C)C1(CNC2CCCOC2)CCCCCC1. The van der Waals surface area contributed by atoms with Crippen molar-refractivity contribution in [2.75, 3.05) is 33.9 Å². The number of nitrogens with zero attached hydrogens (tertiary/aromatic N) is 1. The molecule has 3 heteroatoms. The van der Waals surface area contributed by atoms with Crippen LogP contribution >= 0.6 is 0 Å². The van der Waals surface area contributed by atoms with E-state index < -0.39 is 0 Å². The van der Waals surface area contributed by atoms with Crippen molar-refractivity contribution >= 4 is 0 Å². The largest absolute Gasteiger partial charge is 0.380 e. The summed E-state index contributed by atoms with van der Waals surface area (Å²) in [5.74, 6) is 0. The summed E-state index contributed by atoms with van der Waals surface area (Å²) in [5, 5.41) is 3.77. The van der Waals surface area contributed by atoms with E-state index in [0.717, 1.165) is 19.8 Å². The molecule has 0 spiro atoms. The van der Waals surface area contributed by atoms with Gasteiger partial charge in [0.1, 0.15) is 0 Å². The predicted molar refractivity (Wildman–Crippen MR) is 76.0 cm³/mol. The van der Waals surface area contributed by atoms with Crippen LogP contribution in [0.2, 0.25) is 0 Å². The lowest BCUT2D eigenvalue weighted by Crippen LogP contribution is -2.54. The second-order valence-corrected chi connectivity index (χ2v) is 6.33. The van der Waals surface area contributed by atoms with Gasteiger partial charge in [0, 0.05) is 24.7 Å². The van der Waals surface area contributed by atoms with Crippen LogP contribution in [-0.4, -0.2) is 50.3 Å². The first kappa shape index (κ1) is 14.3. The first-order valence-corrected chi connectivity index (χ1v) is 7.71. The van der Waals surface area contributed by atoms with Crippen molar-refractivity contribution in [3.05, 3.63) is 0 Å². The summed E-state index contributed by atoms with van der Waals surface area (Å²) in [7, 11) is 4.51. The molecule has 1 heterocycles. The highest BCUT2D eigenvalue weighted by molar-refractivity contribution is 4.92. The van der Waals surface area contributed by atoms with Gasteiger partial charge in [-0.2, -0.15) is 0 Å². The average Bonchev–Trinajstić information content (AvgIpc) is 2.64. The lowest BCUT2D eigenvalue weighted by molar-refractivity contribution is 0.0576. The standard InChI is InChI=1S/C15H30N2O/c1-17(2)15(9-5-3-4-6-10-15)13-16-14-8-7-11-18-12-14/h14,16H,3-13H2,1-2H3.